The van der Waals surface area contributed by atoms with Crippen molar-refractivity contribution in [3.05, 3.63) is 24.3 Å². The second kappa shape index (κ2) is 9.14. The molecule has 0 radical (unpaired) electrons. The fourth-order valence-electron chi connectivity index (χ4n) is 1.79. The van der Waals surface area contributed by atoms with Crippen molar-refractivity contribution in [2.45, 2.75) is 31.7 Å². The van der Waals surface area contributed by atoms with Crippen molar-refractivity contribution in [2.24, 2.45) is 0 Å². The average molecular weight is 372 g/mol. The van der Waals surface area contributed by atoms with E-state index in [-0.39, 0.29) is 24.0 Å². The van der Waals surface area contributed by atoms with E-state index in [2.05, 4.69) is 5.32 Å². The number of hydrogen-bond donors (Lipinski definition) is 2. The summed E-state index contributed by atoms with van der Waals surface area (Å²) in [5, 5.41) is 2.49. The molecule has 0 heterocycles. The lowest BCUT2D eigenvalue weighted by atomic mass is 10.3. The molecule has 1 rings (SSSR count). The zero-order valence-corrected chi connectivity index (χ0v) is 14.9. The van der Waals surface area contributed by atoms with Crippen LogP contribution in [0.4, 0.5) is 5.69 Å². The highest BCUT2D eigenvalue weighted by Crippen LogP contribution is 2.15. The maximum Gasteiger partial charge on any atom is 0.335 e. The molecule has 0 atom stereocenters. The van der Waals surface area contributed by atoms with Crippen LogP contribution < -0.4 is 10.0 Å². The number of nitrogens with one attached hydrogen (secondary N) is 2. The molecule has 0 spiro atoms. The van der Waals surface area contributed by atoms with Crippen LogP contribution in [0.1, 0.15) is 20.8 Å². The highest BCUT2D eigenvalue weighted by molar-refractivity contribution is 7.89. The van der Waals surface area contributed by atoms with Crippen LogP contribution in [0, 0.1) is 0 Å². The van der Waals surface area contributed by atoms with Gasteiger partial charge in [0.2, 0.25) is 22.0 Å². The first kappa shape index (κ1) is 20.6. The molecule has 10 heteroatoms. The number of carbonyl (C=O) groups is 3. The quantitative estimate of drug-likeness (QED) is 0.500. The molecule has 25 heavy (non-hydrogen) atoms. The Balaban J connectivity index is 3.02. The van der Waals surface area contributed by atoms with E-state index in [9.17, 15) is 22.8 Å². The maximum absolute atomic E-state index is 12.4. The molecule has 0 bridgehead atoms. The number of carbonyl (C=O) groups excluding carboxylic acids is 3. The summed E-state index contributed by atoms with van der Waals surface area (Å²) in [4.78, 5) is 34.5. The molecule has 0 unspecified atom stereocenters. The van der Waals surface area contributed by atoms with Gasteiger partial charge in [-0.15, -0.1) is 0 Å². The third-order valence-electron chi connectivity index (χ3n) is 2.80. The highest BCUT2D eigenvalue weighted by atomic mass is 32.2. The standard InChI is InChI=1S/C15H20N2O7S/c1-4-23-14(19)13(15(20)24-5-2)17-25(21,22)12-8-6-11(7-9-12)16-10(3)18/h6-9,13,17H,4-5H2,1-3H3,(H,16,18). The fourth-order valence-corrected chi connectivity index (χ4v) is 2.92. The summed E-state index contributed by atoms with van der Waals surface area (Å²) in [6.07, 6.45) is 0. The minimum atomic E-state index is -4.20. The van der Waals surface area contributed by atoms with Gasteiger partial charge in [-0.2, -0.15) is 4.72 Å². The predicted octanol–water partition coefficient (Wildman–Crippen LogP) is 0.418. The molecule has 1 aromatic carbocycles. The normalized spacial score (nSPS) is 11.0. The van der Waals surface area contributed by atoms with Crippen LogP contribution in [-0.4, -0.2) is 45.5 Å². The van der Waals surface area contributed by atoms with Crippen LogP contribution in [0.25, 0.3) is 0 Å². The van der Waals surface area contributed by atoms with Gasteiger partial charge in [-0.3, -0.25) is 4.79 Å². The molecule has 0 saturated heterocycles. The first-order valence-corrected chi connectivity index (χ1v) is 8.92. The number of anilines is 1. The number of hydrogen-bond acceptors (Lipinski definition) is 7. The fraction of sp³-hybridized carbons (Fsp3) is 0.400. The Kier molecular flexibility index (Phi) is 7.52. The topological polar surface area (TPSA) is 128 Å². The molecule has 0 saturated carbocycles. The van der Waals surface area contributed by atoms with Crippen molar-refractivity contribution in [3.63, 3.8) is 0 Å². The minimum absolute atomic E-state index is 0.0259. The van der Waals surface area contributed by atoms with Crippen LogP contribution in [0.5, 0.6) is 0 Å². The first-order chi connectivity index (χ1) is 11.7. The number of amides is 1. The molecular formula is C15H20N2O7S. The Labute approximate surface area is 145 Å². The summed E-state index contributed by atoms with van der Waals surface area (Å²) >= 11 is 0. The lowest BCUT2D eigenvalue weighted by Gasteiger charge is -2.16. The number of rotatable bonds is 8. The summed E-state index contributed by atoms with van der Waals surface area (Å²) < 4.78 is 36.1. The van der Waals surface area contributed by atoms with Crippen molar-refractivity contribution < 1.29 is 32.3 Å². The molecular weight excluding hydrogens is 352 g/mol. The van der Waals surface area contributed by atoms with Gasteiger partial charge in [0, 0.05) is 12.6 Å². The van der Waals surface area contributed by atoms with E-state index in [4.69, 9.17) is 9.47 Å². The Bertz CT molecular complexity index is 711. The number of ether oxygens (including phenoxy) is 2. The largest absolute Gasteiger partial charge is 0.464 e. The minimum Gasteiger partial charge on any atom is -0.464 e. The monoisotopic (exact) mass is 372 g/mol. The van der Waals surface area contributed by atoms with Crippen molar-refractivity contribution in [1.82, 2.24) is 4.72 Å². The summed E-state index contributed by atoms with van der Waals surface area (Å²) in [7, 11) is -4.20. The highest BCUT2D eigenvalue weighted by Gasteiger charge is 2.34. The summed E-state index contributed by atoms with van der Waals surface area (Å²) in [6.45, 7) is 4.31. The average Bonchev–Trinajstić information content (AvgIpc) is 2.53. The number of sulfonamides is 1. The van der Waals surface area contributed by atoms with Gasteiger partial charge in [0.05, 0.1) is 18.1 Å². The number of benzene rings is 1. The molecule has 9 nitrogen and oxygen atoms in total. The molecule has 0 aliphatic heterocycles. The number of esters is 2. The molecule has 0 aliphatic carbocycles. The maximum atomic E-state index is 12.4. The van der Waals surface area contributed by atoms with E-state index in [0.717, 1.165) is 0 Å². The van der Waals surface area contributed by atoms with Crippen molar-refractivity contribution in [2.75, 3.05) is 18.5 Å². The zero-order chi connectivity index (χ0) is 19.0. The van der Waals surface area contributed by atoms with E-state index < -0.39 is 28.0 Å². The van der Waals surface area contributed by atoms with Gasteiger partial charge in [-0.25, -0.2) is 18.0 Å². The van der Waals surface area contributed by atoms with Gasteiger partial charge >= 0.3 is 11.9 Å². The van der Waals surface area contributed by atoms with Crippen molar-refractivity contribution in [3.8, 4) is 0 Å². The second-order valence-electron chi connectivity index (χ2n) is 4.76. The van der Waals surface area contributed by atoms with Gasteiger partial charge in [0.15, 0.2) is 0 Å². The van der Waals surface area contributed by atoms with Crippen LogP contribution in [0.2, 0.25) is 0 Å². The third kappa shape index (κ3) is 6.16. The van der Waals surface area contributed by atoms with Gasteiger partial charge in [-0.05, 0) is 38.1 Å². The predicted molar refractivity (Wildman–Crippen MR) is 88.1 cm³/mol. The molecule has 138 valence electrons. The Hall–Kier alpha value is -2.46. The molecule has 1 amide bonds. The molecule has 1 aromatic rings. The van der Waals surface area contributed by atoms with Gasteiger partial charge in [-0.1, -0.05) is 0 Å². The van der Waals surface area contributed by atoms with E-state index in [1.807, 2.05) is 4.72 Å². The van der Waals surface area contributed by atoms with Gasteiger partial charge in [0.25, 0.3) is 0 Å². The smallest absolute Gasteiger partial charge is 0.335 e. The van der Waals surface area contributed by atoms with Crippen molar-refractivity contribution >= 4 is 33.6 Å². The SMILES string of the molecule is CCOC(=O)C(NS(=O)(=O)c1ccc(NC(C)=O)cc1)C(=O)OCC. The van der Waals surface area contributed by atoms with Crippen LogP contribution in [0.15, 0.2) is 29.2 Å². The van der Waals surface area contributed by atoms with E-state index in [1.54, 1.807) is 0 Å². The summed E-state index contributed by atoms with van der Waals surface area (Å²) in [6, 6.07) is 3.39. The summed E-state index contributed by atoms with van der Waals surface area (Å²) in [5.41, 5.74) is 0.402. The lowest BCUT2D eigenvalue weighted by Crippen LogP contribution is -2.48. The third-order valence-corrected chi connectivity index (χ3v) is 4.24. The summed E-state index contributed by atoms with van der Waals surface area (Å²) in [5.74, 6) is -2.42. The molecule has 0 aliphatic rings. The second-order valence-corrected chi connectivity index (χ2v) is 6.48. The van der Waals surface area contributed by atoms with Gasteiger partial charge < -0.3 is 14.8 Å². The lowest BCUT2D eigenvalue weighted by molar-refractivity contribution is -0.157. The Morgan fingerprint density at radius 1 is 1.00 bits per heavy atom. The van der Waals surface area contributed by atoms with Crippen molar-refractivity contribution in [1.29, 1.82) is 0 Å². The Morgan fingerprint density at radius 2 is 1.48 bits per heavy atom. The molecule has 0 aromatic heterocycles. The van der Waals surface area contributed by atoms with E-state index in [0.29, 0.717) is 5.69 Å². The Morgan fingerprint density at radius 3 is 1.88 bits per heavy atom. The van der Waals surface area contributed by atoms with Crippen LogP contribution in [-0.2, 0) is 33.9 Å². The van der Waals surface area contributed by atoms with Crippen LogP contribution >= 0.6 is 0 Å². The first-order valence-electron chi connectivity index (χ1n) is 7.44. The van der Waals surface area contributed by atoms with E-state index in [1.165, 1.54) is 45.0 Å². The molecule has 2 N–H and O–H groups in total. The molecule has 0 fully saturated rings. The zero-order valence-electron chi connectivity index (χ0n) is 14.1. The van der Waals surface area contributed by atoms with Gasteiger partial charge in [0.1, 0.15) is 0 Å². The van der Waals surface area contributed by atoms with Crippen LogP contribution in [0.3, 0.4) is 0 Å². The van der Waals surface area contributed by atoms with E-state index >= 15 is 0 Å².